The Hall–Kier alpha value is -2.35. The van der Waals surface area contributed by atoms with Crippen LogP contribution < -0.4 is 9.62 Å². The number of benzene rings is 1. The third-order valence-corrected chi connectivity index (χ3v) is 5.18. The van der Waals surface area contributed by atoms with E-state index in [0.717, 1.165) is 5.69 Å². The van der Waals surface area contributed by atoms with E-state index < -0.39 is 15.4 Å². The highest BCUT2D eigenvalue weighted by molar-refractivity contribution is 7.92. The lowest BCUT2D eigenvalue weighted by Crippen LogP contribution is -2.33. The van der Waals surface area contributed by atoms with Gasteiger partial charge in [0.25, 0.3) is 10.0 Å². The van der Waals surface area contributed by atoms with E-state index in [1.165, 1.54) is 29.4 Å². The molecule has 1 aromatic carbocycles. The van der Waals surface area contributed by atoms with Gasteiger partial charge in [-0.25, -0.2) is 8.42 Å². The topological polar surface area (TPSA) is 92.5 Å². The van der Waals surface area contributed by atoms with Crippen LogP contribution in [0.2, 0.25) is 0 Å². The molecule has 1 aliphatic rings. The molecule has 7 nitrogen and oxygen atoms in total. The standard InChI is InChI=1S/C14H15N3O4S/c1-14(2)10-8-9(4-5-11(10)17(3)13(14)18)22(19,20)16-12-6-7-21-15-12/h4-8H,1-3H3,(H,15,16). The third kappa shape index (κ3) is 2.07. The highest BCUT2D eigenvalue weighted by Crippen LogP contribution is 2.41. The normalized spacial score (nSPS) is 16.7. The summed E-state index contributed by atoms with van der Waals surface area (Å²) in [6.45, 7) is 3.55. The average Bonchev–Trinajstić information content (AvgIpc) is 3.01. The fourth-order valence-electron chi connectivity index (χ4n) is 2.58. The average molecular weight is 321 g/mol. The highest BCUT2D eigenvalue weighted by Gasteiger charge is 2.42. The van der Waals surface area contributed by atoms with Crippen molar-refractivity contribution in [3.8, 4) is 0 Å². The Morgan fingerprint density at radius 3 is 2.64 bits per heavy atom. The van der Waals surface area contributed by atoms with E-state index >= 15 is 0 Å². The second-order valence-corrected chi connectivity index (χ2v) is 7.34. The van der Waals surface area contributed by atoms with Gasteiger partial charge in [-0.1, -0.05) is 5.16 Å². The zero-order valence-corrected chi connectivity index (χ0v) is 13.1. The molecule has 0 radical (unpaired) electrons. The first-order chi connectivity index (χ1) is 10.2. The van der Waals surface area contributed by atoms with E-state index in [9.17, 15) is 13.2 Å². The van der Waals surface area contributed by atoms with Crippen molar-refractivity contribution in [3.63, 3.8) is 0 Å². The minimum absolute atomic E-state index is 0.0680. The summed E-state index contributed by atoms with van der Waals surface area (Å²) >= 11 is 0. The summed E-state index contributed by atoms with van der Waals surface area (Å²) in [6, 6.07) is 6.04. The Bertz CT molecular complexity index is 841. The number of hydrogen-bond acceptors (Lipinski definition) is 5. The molecule has 2 aromatic rings. The first-order valence-corrected chi connectivity index (χ1v) is 8.08. The number of nitrogens with one attached hydrogen (secondary N) is 1. The van der Waals surface area contributed by atoms with Crippen molar-refractivity contribution < 1.29 is 17.7 Å². The molecule has 1 aliphatic heterocycles. The molecule has 0 aliphatic carbocycles. The molecule has 0 spiro atoms. The molecule has 1 aromatic heterocycles. The maximum absolute atomic E-state index is 12.4. The van der Waals surface area contributed by atoms with Crippen LogP contribution in [0.4, 0.5) is 11.5 Å². The number of carbonyl (C=O) groups excluding carboxylic acids is 1. The summed E-state index contributed by atoms with van der Waals surface area (Å²) in [5.74, 6) is 0.0365. The first kappa shape index (κ1) is 14.6. The summed E-state index contributed by atoms with van der Waals surface area (Å²) in [4.78, 5) is 13.9. The number of aromatic nitrogens is 1. The van der Waals surface area contributed by atoms with Crippen LogP contribution in [0.3, 0.4) is 0 Å². The van der Waals surface area contributed by atoms with Crippen LogP contribution in [0.25, 0.3) is 0 Å². The van der Waals surface area contributed by atoms with E-state index in [1.54, 1.807) is 27.0 Å². The zero-order valence-electron chi connectivity index (χ0n) is 12.3. The molecule has 22 heavy (non-hydrogen) atoms. The van der Waals surface area contributed by atoms with Crippen LogP contribution in [0.5, 0.6) is 0 Å². The van der Waals surface area contributed by atoms with Gasteiger partial charge in [0.1, 0.15) is 6.26 Å². The monoisotopic (exact) mass is 321 g/mol. The maximum Gasteiger partial charge on any atom is 0.263 e. The summed E-state index contributed by atoms with van der Waals surface area (Å²) in [7, 11) is -2.11. The summed E-state index contributed by atoms with van der Waals surface area (Å²) in [5, 5.41) is 3.52. The van der Waals surface area contributed by atoms with E-state index in [0.29, 0.717) is 5.56 Å². The van der Waals surface area contributed by atoms with Crippen molar-refractivity contribution in [3.05, 3.63) is 36.1 Å². The second kappa shape index (κ2) is 4.57. The molecule has 1 N–H and O–H groups in total. The summed E-state index contributed by atoms with van der Waals surface area (Å²) in [5.41, 5.74) is 0.641. The molecule has 1 amide bonds. The molecule has 0 atom stereocenters. The number of rotatable bonds is 3. The lowest BCUT2D eigenvalue weighted by atomic mass is 9.86. The van der Waals surface area contributed by atoms with Crippen LogP contribution in [-0.4, -0.2) is 26.5 Å². The van der Waals surface area contributed by atoms with Crippen molar-refractivity contribution >= 4 is 27.4 Å². The third-order valence-electron chi connectivity index (χ3n) is 3.83. The van der Waals surface area contributed by atoms with Gasteiger partial charge in [-0.15, -0.1) is 0 Å². The van der Waals surface area contributed by atoms with E-state index in [-0.39, 0.29) is 16.6 Å². The van der Waals surface area contributed by atoms with Gasteiger partial charge >= 0.3 is 0 Å². The van der Waals surface area contributed by atoms with Crippen LogP contribution in [0, 0.1) is 0 Å². The molecule has 3 rings (SSSR count). The van der Waals surface area contributed by atoms with Crippen molar-refractivity contribution in [1.29, 1.82) is 0 Å². The largest absolute Gasteiger partial charge is 0.363 e. The number of nitrogens with zero attached hydrogens (tertiary/aromatic N) is 2. The Labute approximate surface area is 128 Å². The number of likely N-dealkylation sites (N-methyl/N-ethyl adjacent to an activating group) is 1. The minimum Gasteiger partial charge on any atom is -0.363 e. The fourth-order valence-corrected chi connectivity index (χ4v) is 3.60. The number of carbonyl (C=O) groups is 1. The van der Waals surface area contributed by atoms with Crippen molar-refractivity contribution in [2.24, 2.45) is 0 Å². The number of anilines is 2. The minimum atomic E-state index is -3.79. The molecule has 0 unspecified atom stereocenters. The van der Waals surface area contributed by atoms with Gasteiger partial charge in [0.05, 0.1) is 10.3 Å². The quantitative estimate of drug-likeness (QED) is 0.929. The van der Waals surface area contributed by atoms with Gasteiger partial charge in [0, 0.05) is 18.8 Å². The van der Waals surface area contributed by atoms with Gasteiger partial charge in [0.15, 0.2) is 5.82 Å². The summed E-state index contributed by atoms with van der Waals surface area (Å²) < 4.78 is 31.7. The van der Waals surface area contributed by atoms with Gasteiger partial charge in [0.2, 0.25) is 5.91 Å². The Kier molecular flexibility index (Phi) is 3.03. The lowest BCUT2D eigenvalue weighted by Gasteiger charge is -2.16. The van der Waals surface area contributed by atoms with Crippen LogP contribution in [0.1, 0.15) is 19.4 Å². The zero-order chi connectivity index (χ0) is 16.1. The van der Waals surface area contributed by atoms with Crippen molar-refractivity contribution in [2.45, 2.75) is 24.2 Å². The predicted octanol–water partition coefficient (Wildman–Crippen LogP) is 1.73. The number of amides is 1. The van der Waals surface area contributed by atoms with Gasteiger partial charge in [-0.05, 0) is 37.6 Å². The van der Waals surface area contributed by atoms with E-state index in [1.807, 2.05) is 0 Å². The Morgan fingerprint density at radius 2 is 2.00 bits per heavy atom. The molecular formula is C14H15N3O4S. The van der Waals surface area contributed by atoms with Gasteiger partial charge in [-0.3, -0.25) is 9.52 Å². The van der Waals surface area contributed by atoms with E-state index in [4.69, 9.17) is 0 Å². The predicted molar refractivity (Wildman–Crippen MR) is 80.2 cm³/mol. The van der Waals surface area contributed by atoms with Crippen molar-refractivity contribution in [2.75, 3.05) is 16.7 Å². The number of hydrogen-bond donors (Lipinski definition) is 1. The smallest absolute Gasteiger partial charge is 0.263 e. The lowest BCUT2D eigenvalue weighted by molar-refractivity contribution is -0.121. The molecule has 0 bridgehead atoms. The Balaban J connectivity index is 2.05. The molecule has 2 heterocycles. The van der Waals surface area contributed by atoms with E-state index in [2.05, 4.69) is 14.4 Å². The molecule has 0 fully saturated rings. The first-order valence-electron chi connectivity index (χ1n) is 6.59. The number of fused-ring (bicyclic) bond motifs is 1. The Morgan fingerprint density at radius 1 is 1.27 bits per heavy atom. The van der Waals surface area contributed by atoms with Crippen molar-refractivity contribution in [1.82, 2.24) is 5.16 Å². The maximum atomic E-state index is 12.4. The highest BCUT2D eigenvalue weighted by atomic mass is 32.2. The molecule has 8 heteroatoms. The van der Waals surface area contributed by atoms with Crippen LogP contribution in [0.15, 0.2) is 39.9 Å². The number of sulfonamides is 1. The SMILES string of the molecule is CN1C(=O)C(C)(C)c2cc(S(=O)(=O)Nc3ccon3)ccc21. The summed E-state index contributed by atoms with van der Waals surface area (Å²) in [6.07, 6.45) is 1.28. The molecule has 0 saturated carbocycles. The van der Waals surface area contributed by atoms with Gasteiger partial charge < -0.3 is 9.42 Å². The second-order valence-electron chi connectivity index (χ2n) is 5.66. The van der Waals surface area contributed by atoms with Crippen LogP contribution in [-0.2, 0) is 20.2 Å². The molecule has 0 saturated heterocycles. The van der Waals surface area contributed by atoms with Crippen LogP contribution >= 0.6 is 0 Å². The molecular weight excluding hydrogens is 306 g/mol. The van der Waals surface area contributed by atoms with Gasteiger partial charge in [-0.2, -0.15) is 0 Å². The fraction of sp³-hybridized carbons (Fsp3) is 0.286. The molecule has 116 valence electrons.